The predicted molar refractivity (Wildman–Crippen MR) is 164 cm³/mol. The second kappa shape index (κ2) is 10.8. The highest BCUT2D eigenvalue weighted by Crippen LogP contribution is 2.34. The topological polar surface area (TPSA) is 25.2 Å². The molecule has 0 spiro atoms. The van der Waals surface area contributed by atoms with Gasteiger partial charge in [0.2, 0.25) is 0 Å². The molecule has 0 aliphatic carbocycles. The Bertz CT molecular complexity index is 1690. The average Bonchev–Trinajstić information content (AvgIpc) is 3.34. The van der Waals surface area contributed by atoms with E-state index < -0.39 is 0 Å². The molecule has 5 aromatic carbocycles. The van der Waals surface area contributed by atoms with Gasteiger partial charge in [0.25, 0.3) is 0 Å². The molecule has 0 saturated carbocycles. The zero-order valence-corrected chi connectivity index (χ0v) is 22.4. The van der Waals surface area contributed by atoms with Crippen molar-refractivity contribution in [2.24, 2.45) is 0 Å². The minimum atomic E-state index is 0.0676. The maximum absolute atomic E-state index is 6.04. The van der Waals surface area contributed by atoms with Gasteiger partial charge in [0.15, 0.2) is 0 Å². The molecule has 0 bridgehead atoms. The highest BCUT2D eigenvalue weighted by Gasteiger charge is 2.13. The van der Waals surface area contributed by atoms with E-state index in [9.17, 15) is 0 Å². The summed E-state index contributed by atoms with van der Waals surface area (Å²) in [6, 6.07) is 44.9. The number of furan rings is 1. The lowest BCUT2D eigenvalue weighted by atomic mass is 9.93. The third-order valence-electron chi connectivity index (χ3n) is 6.82. The Morgan fingerprint density at radius 3 is 2.19 bits per heavy atom. The zero-order valence-electron chi connectivity index (χ0n) is 20.3. The molecule has 0 amide bonds. The summed E-state index contributed by atoms with van der Waals surface area (Å²) >= 11 is 2.28. The number of hydrogen-bond donors (Lipinski definition) is 1. The standard InChI is InChI=1S/C34H26INO/c35-36-32(23-29(25-12-5-2-6-13-25)20-24-10-3-1-4-11-24)28-15-9-14-26(21-28)27-18-19-34-31(22-27)30-16-7-8-17-33(30)37-34/h1-19,21-23,32,36H,20H2. The summed E-state index contributed by atoms with van der Waals surface area (Å²) in [7, 11) is 0. The van der Waals surface area contributed by atoms with Crippen molar-refractivity contribution in [1.82, 2.24) is 3.53 Å². The lowest BCUT2D eigenvalue weighted by molar-refractivity contribution is 0.669. The Morgan fingerprint density at radius 1 is 0.676 bits per heavy atom. The smallest absolute Gasteiger partial charge is 0.135 e. The van der Waals surface area contributed by atoms with E-state index >= 15 is 0 Å². The number of benzene rings is 5. The predicted octanol–water partition coefficient (Wildman–Crippen LogP) is 9.56. The highest BCUT2D eigenvalue weighted by molar-refractivity contribution is 14.1. The second-order valence-electron chi connectivity index (χ2n) is 9.24. The summed E-state index contributed by atoms with van der Waals surface area (Å²) in [6.07, 6.45) is 3.24. The molecule has 0 radical (unpaired) electrons. The van der Waals surface area contributed by atoms with Crippen molar-refractivity contribution < 1.29 is 4.42 Å². The van der Waals surface area contributed by atoms with Gasteiger partial charge in [0, 0.05) is 33.6 Å². The molecular weight excluding hydrogens is 565 g/mol. The number of hydrogen-bond acceptors (Lipinski definition) is 2. The van der Waals surface area contributed by atoms with Crippen LogP contribution in [0.4, 0.5) is 0 Å². The molecule has 2 nitrogen and oxygen atoms in total. The van der Waals surface area contributed by atoms with Crippen LogP contribution in [0.25, 0.3) is 38.6 Å². The van der Waals surface area contributed by atoms with E-state index in [-0.39, 0.29) is 6.04 Å². The fourth-order valence-electron chi connectivity index (χ4n) is 4.93. The summed E-state index contributed by atoms with van der Waals surface area (Å²) in [5.74, 6) is 0. The van der Waals surface area contributed by atoms with E-state index in [1.165, 1.54) is 33.4 Å². The third kappa shape index (κ3) is 5.10. The van der Waals surface area contributed by atoms with Gasteiger partial charge in [-0.1, -0.05) is 109 Å². The maximum Gasteiger partial charge on any atom is 0.135 e. The van der Waals surface area contributed by atoms with Crippen LogP contribution in [0, 0.1) is 0 Å². The van der Waals surface area contributed by atoms with Gasteiger partial charge in [0.1, 0.15) is 11.2 Å². The maximum atomic E-state index is 6.04. The molecule has 1 heterocycles. The molecule has 1 aromatic heterocycles. The summed E-state index contributed by atoms with van der Waals surface area (Å²) in [5, 5.41) is 2.30. The number of nitrogens with one attached hydrogen (secondary N) is 1. The summed E-state index contributed by atoms with van der Waals surface area (Å²) in [5.41, 5.74) is 9.31. The SMILES string of the molecule is INC(C=C(Cc1ccccc1)c1ccccc1)c1cccc(-c2ccc3oc4ccccc4c3c2)c1. The Hall–Kier alpha value is -3.67. The van der Waals surface area contributed by atoms with Crippen molar-refractivity contribution in [3.8, 4) is 11.1 Å². The van der Waals surface area contributed by atoms with Crippen molar-refractivity contribution in [3.63, 3.8) is 0 Å². The quantitative estimate of drug-likeness (QED) is 0.148. The van der Waals surface area contributed by atoms with E-state index in [2.05, 4.69) is 148 Å². The molecule has 1 atom stereocenters. The molecule has 1 unspecified atom stereocenters. The van der Waals surface area contributed by atoms with Crippen LogP contribution in [0.1, 0.15) is 22.7 Å². The molecule has 0 aliphatic rings. The molecule has 6 rings (SSSR count). The number of allylic oxidation sites excluding steroid dienone is 1. The van der Waals surface area contributed by atoms with Crippen molar-refractivity contribution in [2.45, 2.75) is 12.5 Å². The molecule has 0 fully saturated rings. The number of halogens is 1. The molecule has 180 valence electrons. The molecular formula is C34H26INO. The van der Waals surface area contributed by atoms with E-state index in [0.29, 0.717) is 0 Å². The van der Waals surface area contributed by atoms with Gasteiger partial charge in [-0.25, -0.2) is 3.53 Å². The third-order valence-corrected chi connectivity index (χ3v) is 7.49. The Kier molecular flexibility index (Phi) is 6.89. The Morgan fingerprint density at radius 2 is 1.38 bits per heavy atom. The Balaban J connectivity index is 1.38. The molecule has 0 aliphatic heterocycles. The normalized spacial score (nSPS) is 12.7. The van der Waals surface area contributed by atoms with Crippen LogP contribution in [0.3, 0.4) is 0 Å². The first-order chi connectivity index (χ1) is 18.3. The van der Waals surface area contributed by atoms with E-state index in [1.807, 2.05) is 12.1 Å². The van der Waals surface area contributed by atoms with Gasteiger partial charge in [-0.15, -0.1) is 0 Å². The van der Waals surface area contributed by atoms with Crippen LogP contribution in [0.2, 0.25) is 0 Å². The van der Waals surface area contributed by atoms with E-state index in [1.54, 1.807) is 0 Å². The lowest BCUT2D eigenvalue weighted by Crippen LogP contribution is -2.09. The van der Waals surface area contributed by atoms with Gasteiger partial charge in [0.05, 0.1) is 6.04 Å². The van der Waals surface area contributed by atoms with Crippen LogP contribution >= 0.6 is 22.9 Å². The van der Waals surface area contributed by atoms with Crippen molar-refractivity contribution in [1.29, 1.82) is 0 Å². The minimum Gasteiger partial charge on any atom is -0.456 e. The largest absolute Gasteiger partial charge is 0.456 e. The van der Waals surface area contributed by atoms with Gasteiger partial charge in [-0.3, -0.25) is 0 Å². The number of rotatable bonds is 7. The summed E-state index contributed by atoms with van der Waals surface area (Å²) < 4.78 is 9.55. The number of fused-ring (bicyclic) bond motifs is 3. The lowest BCUT2D eigenvalue weighted by Gasteiger charge is -2.17. The van der Waals surface area contributed by atoms with Crippen LogP contribution in [0.15, 0.2) is 138 Å². The fraction of sp³-hybridized carbons (Fsp3) is 0.0588. The van der Waals surface area contributed by atoms with Crippen LogP contribution in [-0.4, -0.2) is 0 Å². The van der Waals surface area contributed by atoms with Crippen molar-refractivity contribution in [3.05, 3.63) is 150 Å². The van der Waals surface area contributed by atoms with Gasteiger partial charge < -0.3 is 4.42 Å². The molecule has 6 aromatic rings. The average molecular weight is 591 g/mol. The fourth-order valence-corrected chi connectivity index (χ4v) is 5.47. The molecule has 37 heavy (non-hydrogen) atoms. The summed E-state index contributed by atoms with van der Waals surface area (Å²) in [6.45, 7) is 0. The van der Waals surface area contributed by atoms with E-state index in [4.69, 9.17) is 4.42 Å². The first-order valence-electron chi connectivity index (χ1n) is 12.5. The first-order valence-corrected chi connectivity index (χ1v) is 13.5. The van der Waals surface area contributed by atoms with Gasteiger partial charge in [-0.2, -0.15) is 0 Å². The molecule has 1 N–H and O–H groups in total. The Labute approximate surface area is 231 Å². The molecule has 0 saturated heterocycles. The van der Waals surface area contributed by atoms with Crippen LogP contribution in [0.5, 0.6) is 0 Å². The van der Waals surface area contributed by atoms with E-state index in [0.717, 1.165) is 28.4 Å². The zero-order chi connectivity index (χ0) is 25.0. The van der Waals surface area contributed by atoms with Crippen LogP contribution < -0.4 is 3.53 Å². The first kappa shape index (κ1) is 23.7. The van der Waals surface area contributed by atoms with Crippen molar-refractivity contribution >= 4 is 50.4 Å². The summed E-state index contributed by atoms with van der Waals surface area (Å²) in [4.78, 5) is 0. The second-order valence-corrected chi connectivity index (χ2v) is 9.86. The van der Waals surface area contributed by atoms with Crippen LogP contribution in [-0.2, 0) is 6.42 Å². The highest BCUT2D eigenvalue weighted by atomic mass is 127. The molecule has 3 heteroatoms. The minimum absolute atomic E-state index is 0.0676. The monoisotopic (exact) mass is 591 g/mol. The van der Waals surface area contributed by atoms with Crippen molar-refractivity contribution in [2.75, 3.05) is 0 Å². The number of para-hydroxylation sites is 1. The van der Waals surface area contributed by atoms with Gasteiger partial charge >= 0.3 is 0 Å². The van der Waals surface area contributed by atoms with Gasteiger partial charge in [-0.05, 0) is 64.1 Å².